The molecule has 0 radical (unpaired) electrons. The SMILES string of the molecule is CCCOc1cc(-c2ccc(C(=O)NN)c(OCCC)c2)ccc1C(=O)NN. The van der Waals surface area contributed by atoms with Crippen molar-refractivity contribution >= 4 is 11.8 Å². The average Bonchev–Trinajstić information content (AvgIpc) is 2.74. The molecular formula is C20H26N4O4. The first kappa shape index (κ1) is 21.2. The number of nitrogens with one attached hydrogen (secondary N) is 2. The van der Waals surface area contributed by atoms with Crippen molar-refractivity contribution in [3.8, 4) is 22.6 Å². The summed E-state index contributed by atoms with van der Waals surface area (Å²) in [6.07, 6.45) is 1.59. The van der Waals surface area contributed by atoms with Crippen molar-refractivity contribution in [2.45, 2.75) is 26.7 Å². The Kier molecular flexibility index (Phi) is 7.79. The molecule has 0 saturated carbocycles. The molecule has 150 valence electrons. The first-order chi connectivity index (χ1) is 13.5. The van der Waals surface area contributed by atoms with E-state index in [1.165, 1.54) is 0 Å². The van der Waals surface area contributed by atoms with Crippen molar-refractivity contribution in [2.75, 3.05) is 13.2 Å². The number of hydrazine groups is 2. The molecule has 8 heteroatoms. The summed E-state index contributed by atoms with van der Waals surface area (Å²) in [4.78, 5) is 24.0. The average molecular weight is 386 g/mol. The predicted molar refractivity (Wildman–Crippen MR) is 107 cm³/mol. The van der Waals surface area contributed by atoms with E-state index in [0.29, 0.717) is 35.8 Å². The molecule has 2 aromatic carbocycles. The number of benzene rings is 2. The summed E-state index contributed by atoms with van der Waals surface area (Å²) in [5.41, 5.74) is 6.55. The number of carbonyl (C=O) groups excluding carboxylic acids is 2. The van der Waals surface area contributed by atoms with E-state index in [9.17, 15) is 9.59 Å². The van der Waals surface area contributed by atoms with Crippen LogP contribution in [0.4, 0.5) is 0 Å². The minimum absolute atomic E-state index is 0.348. The van der Waals surface area contributed by atoms with Gasteiger partial charge < -0.3 is 9.47 Å². The largest absolute Gasteiger partial charge is 0.493 e. The first-order valence-electron chi connectivity index (χ1n) is 9.11. The number of ether oxygens (including phenoxy) is 2. The van der Waals surface area contributed by atoms with E-state index in [4.69, 9.17) is 21.2 Å². The zero-order chi connectivity index (χ0) is 20.5. The van der Waals surface area contributed by atoms with Gasteiger partial charge in [-0.3, -0.25) is 20.4 Å². The van der Waals surface area contributed by atoms with Crippen LogP contribution < -0.4 is 32.0 Å². The van der Waals surface area contributed by atoms with Gasteiger partial charge in [-0.25, -0.2) is 11.7 Å². The van der Waals surface area contributed by atoms with Crippen molar-refractivity contribution in [1.29, 1.82) is 0 Å². The van der Waals surface area contributed by atoms with Gasteiger partial charge >= 0.3 is 0 Å². The van der Waals surface area contributed by atoms with Gasteiger partial charge in [0, 0.05) is 0 Å². The molecular weight excluding hydrogens is 360 g/mol. The summed E-state index contributed by atoms with van der Waals surface area (Å²) in [6.45, 7) is 4.89. The van der Waals surface area contributed by atoms with Crippen molar-refractivity contribution in [3.63, 3.8) is 0 Å². The lowest BCUT2D eigenvalue weighted by molar-refractivity contribution is 0.0941. The Labute approximate surface area is 164 Å². The van der Waals surface area contributed by atoms with Crippen molar-refractivity contribution in [1.82, 2.24) is 10.9 Å². The number of hydrogen-bond acceptors (Lipinski definition) is 6. The van der Waals surface area contributed by atoms with Gasteiger partial charge in [0.05, 0.1) is 24.3 Å². The Morgan fingerprint density at radius 3 is 1.50 bits per heavy atom. The third kappa shape index (κ3) is 4.99. The molecule has 6 N–H and O–H groups in total. The van der Waals surface area contributed by atoms with Crippen molar-refractivity contribution in [3.05, 3.63) is 47.5 Å². The molecule has 0 bridgehead atoms. The van der Waals surface area contributed by atoms with Crippen LogP contribution in [0.25, 0.3) is 11.1 Å². The Balaban J connectivity index is 2.47. The van der Waals surface area contributed by atoms with E-state index >= 15 is 0 Å². The van der Waals surface area contributed by atoms with Gasteiger partial charge in [-0.05, 0) is 48.2 Å². The number of nitrogen functional groups attached to an aromatic ring is 2. The van der Waals surface area contributed by atoms with Crippen LogP contribution in [0.15, 0.2) is 36.4 Å². The van der Waals surface area contributed by atoms with Gasteiger partial charge in [-0.15, -0.1) is 0 Å². The Hall–Kier alpha value is -3.10. The molecule has 0 unspecified atom stereocenters. The van der Waals surface area contributed by atoms with Crippen LogP contribution >= 0.6 is 0 Å². The van der Waals surface area contributed by atoms with Crippen LogP contribution in [0.5, 0.6) is 11.5 Å². The maximum Gasteiger partial charge on any atom is 0.268 e. The van der Waals surface area contributed by atoms with Gasteiger partial charge in [0.25, 0.3) is 11.8 Å². The van der Waals surface area contributed by atoms with Gasteiger partial charge in [0.15, 0.2) is 0 Å². The molecule has 28 heavy (non-hydrogen) atoms. The van der Waals surface area contributed by atoms with Crippen LogP contribution in [0.2, 0.25) is 0 Å². The Bertz CT molecular complexity index is 769. The maximum absolute atomic E-state index is 12.0. The molecule has 2 amide bonds. The number of amides is 2. The Morgan fingerprint density at radius 2 is 1.18 bits per heavy atom. The number of rotatable bonds is 9. The summed E-state index contributed by atoms with van der Waals surface area (Å²) >= 11 is 0. The fourth-order valence-electron chi connectivity index (χ4n) is 2.60. The zero-order valence-corrected chi connectivity index (χ0v) is 16.1. The fourth-order valence-corrected chi connectivity index (χ4v) is 2.60. The summed E-state index contributed by atoms with van der Waals surface area (Å²) in [5.74, 6) is 10.5. The highest BCUT2D eigenvalue weighted by molar-refractivity contribution is 5.98. The molecule has 0 aliphatic carbocycles. The first-order valence-corrected chi connectivity index (χ1v) is 9.11. The standard InChI is InChI=1S/C20H26N4O4/c1-3-9-27-17-11-13(5-7-15(17)19(25)23-21)14-6-8-16(20(26)24-22)18(12-14)28-10-4-2/h5-8,11-12H,3-4,9-10,21-22H2,1-2H3,(H,23,25)(H,24,26). The van der Waals surface area contributed by atoms with Gasteiger partial charge in [-0.1, -0.05) is 26.0 Å². The zero-order valence-electron chi connectivity index (χ0n) is 16.1. The van der Waals surface area contributed by atoms with Crippen molar-refractivity contribution < 1.29 is 19.1 Å². The second-order valence-corrected chi connectivity index (χ2v) is 6.07. The molecule has 0 aromatic heterocycles. The van der Waals surface area contributed by atoms with Crippen LogP contribution in [0.3, 0.4) is 0 Å². The second-order valence-electron chi connectivity index (χ2n) is 6.07. The van der Waals surface area contributed by atoms with E-state index in [2.05, 4.69) is 10.9 Å². The highest BCUT2D eigenvalue weighted by atomic mass is 16.5. The number of nitrogens with two attached hydrogens (primary N) is 2. The third-order valence-electron chi connectivity index (χ3n) is 3.97. The topological polar surface area (TPSA) is 129 Å². The smallest absolute Gasteiger partial charge is 0.268 e. The predicted octanol–water partition coefficient (Wildman–Crippen LogP) is 2.14. The minimum Gasteiger partial charge on any atom is -0.493 e. The second kappa shape index (κ2) is 10.3. The van der Waals surface area contributed by atoms with Crippen LogP contribution in [-0.2, 0) is 0 Å². The summed E-state index contributed by atoms with van der Waals surface area (Å²) < 4.78 is 11.4. The molecule has 0 heterocycles. The van der Waals surface area contributed by atoms with Crippen LogP contribution in [-0.4, -0.2) is 25.0 Å². The lowest BCUT2D eigenvalue weighted by Crippen LogP contribution is -2.30. The molecule has 0 fully saturated rings. The molecule has 0 aliphatic heterocycles. The lowest BCUT2D eigenvalue weighted by Gasteiger charge is -2.14. The normalized spacial score (nSPS) is 10.3. The Morgan fingerprint density at radius 1 is 0.786 bits per heavy atom. The van der Waals surface area contributed by atoms with E-state index in [-0.39, 0.29) is 0 Å². The molecule has 0 spiro atoms. The molecule has 8 nitrogen and oxygen atoms in total. The highest BCUT2D eigenvalue weighted by Crippen LogP contribution is 2.31. The quantitative estimate of drug-likeness (QED) is 0.297. The van der Waals surface area contributed by atoms with E-state index in [1.807, 2.05) is 13.8 Å². The van der Waals surface area contributed by atoms with Gasteiger partial charge in [-0.2, -0.15) is 0 Å². The molecule has 0 atom stereocenters. The van der Waals surface area contributed by atoms with Gasteiger partial charge in [0.2, 0.25) is 0 Å². The molecule has 2 rings (SSSR count). The van der Waals surface area contributed by atoms with Crippen molar-refractivity contribution in [2.24, 2.45) is 11.7 Å². The summed E-state index contributed by atoms with van der Waals surface area (Å²) in [6, 6.07) is 10.4. The lowest BCUT2D eigenvalue weighted by atomic mass is 10.0. The third-order valence-corrected chi connectivity index (χ3v) is 3.97. The van der Waals surface area contributed by atoms with Crippen LogP contribution in [0, 0.1) is 0 Å². The molecule has 0 aliphatic rings. The maximum atomic E-state index is 12.0. The minimum atomic E-state index is -0.431. The van der Waals surface area contributed by atoms with Crippen LogP contribution in [0.1, 0.15) is 47.4 Å². The van der Waals surface area contributed by atoms with E-state index in [1.54, 1.807) is 36.4 Å². The fraction of sp³-hybridized carbons (Fsp3) is 0.300. The number of carbonyl (C=O) groups is 2. The van der Waals surface area contributed by atoms with Gasteiger partial charge in [0.1, 0.15) is 11.5 Å². The number of hydrogen-bond donors (Lipinski definition) is 4. The van der Waals surface area contributed by atoms with E-state index in [0.717, 1.165) is 24.0 Å². The molecule has 0 saturated heterocycles. The summed E-state index contributed by atoms with van der Waals surface area (Å²) in [5, 5.41) is 0. The van der Waals surface area contributed by atoms with E-state index < -0.39 is 11.8 Å². The highest BCUT2D eigenvalue weighted by Gasteiger charge is 2.16. The monoisotopic (exact) mass is 386 g/mol. The summed E-state index contributed by atoms with van der Waals surface area (Å²) in [7, 11) is 0. The molecule has 2 aromatic rings.